The lowest BCUT2D eigenvalue weighted by Gasteiger charge is -2.49. The van der Waals surface area contributed by atoms with Gasteiger partial charge in [-0.05, 0) is 46.0 Å². The van der Waals surface area contributed by atoms with Gasteiger partial charge in [-0.2, -0.15) is 0 Å². The molecule has 1 aliphatic carbocycles. The molecule has 0 aromatic heterocycles. The zero-order chi connectivity index (χ0) is 12.6. The van der Waals surface area contributed by atoms with E-state index in [4.69, 9.17) is 4.74 Å². The van der Waals surface area contributed by atoms with Crippen LogP contribution in [0.15, 0.2) is 0 Å². The molecule has 17 heavy (non-hydrogen) atoms. The molecule has 98 valence electrons. The van der Waals surface area contributed by atoms with E-state index in [1.807, 2.05) is 25.7 Å². The molecule has 4 heteroatoms. The molecule has 3 aliphatic rings. The monoisotopic (exact) mass is 241 g/mol. The summed E-state index contributed by atoms with van der Waals surface area (Å²) in [6, 6.07) is 0.180. The van der Waals surface area contributed by atoms with Crippen molar-refractivity contribution in [3.8, 4) is 0 Å². The van der Waals surface area contributed by atoms with Crippen LogP contribution >= 0.6 is 0 Å². The van der Waals surface area contributed by atoms with E-state index in [0.717, 1.165) is 19.4 Å². The first-order valence-electron chi connectivity index (χ1n) is 6.51. The molecule has 0 aromatic carbocycles. The quantitative estimate of drug-likeness (QED) is 0.764. The van der Waals surface area contributed by atoms with E-state index in [2.05, 4.69) is 0 Å². The van der Waals surface area contributed by atoms with Crippen LogP contribution in [0, 0.1) is 11.8 Å². The van der Waals surface area contributed by atoms with Crippen LogP contribution in [-0.2, 0) is 4.74 Å². The Balaban J connectivity index is 2.04. The molecule has 1 saturated carbocycles. The summed E-state index contributed by atoms with van der Waals surface area (Å²) in [7, 11) is 0. The van der Waals surface area contributed by atoms with E-state index in [1.165, 1.54) is 6.42 Å². The van der Waals surface area contributed by atoms with Crippen molar-refractivity contribution in [1.82, 2.24) is 4.90 Å². The second-order valence-electron chi connectivity index (χ2n) is 6.32. The van der Waals surface area contributed by atoms with Gasteiger partial charge < -0.3 is 14.7 Å². The molecule has 3 fully saturated rings. The Morgan fingerprint density at radius 1 is 1.41 bits per heavy atom. The maximum absolute atomic E-state index is 12.1. The summed E-state index contributed by atoms with van der Waals surface area (Å²) < 4.78 is 5.43. The molecule has 0 radical (unpaired) electrons. The number of aliphatic hydroxyl groups is 1. The smallest absolute Gasteiger partial charge is 0.410 e. The van der Waals surface area contributed by atoms with Crippen LogP contribution in [0.1, 0.15) is 40.0 Å². The van der Waals surface area contributed by atoms with E-state index in [-0.39, 0.29) is 24.7 Å². The highest BCUT2D eigenvalue weighted by Crippen LogP contribution is 2.39. The molecule has 1 amide bonds. The number of rotatable bonds is 1. The number of amides is 1. The maximum atomic E-state index is 12.1. The Morgan fingerprint density at radius 3 is 2.65 bits per heavy atom. The number of piperidine rings is 2. The van der Waals surface area contributed by atoms with Crippen molar-refractivity contribution < 1.29 is 14.6 Å². The van der Waals surface area contributed by atoms with Crippen molar-refractivity contribution in [1.29, 1.82) is 0 Å². The van der Waals surface area contributed by atoms with Gasteiger partial charge in [0.05, 0.1) is 0 Å². The van der Waals surface area contributed by atoms with Crippen molar-refractivity contribution >= 4 is 6.09 Å². The van der Waals surface area contributed by atoms with Crippen LogP contribution in [0.4, 0.5) is 4.79 Å². The minimum absolute atomic E-state index is 0.180. The lowest BCUT2D eigenvalue weighted by Crippen LogP contribution is -2.57. The summed E-state index contributed by atoms with van der Waals surface area (Å²) in [5, 5.41) is 9.37. The van der Waals surface area contributed by atoms with Crippen molar-refractivity contribution in [2.24, 2.45) is 11.8 Å². The SMILES string of the molecule is CC(C)(C)OC(=O)N1C[C@@H]2CC[C@H]1[C@H](CO)C2. The van der Waals surface area contributed by atoms with E-state index in [9.17, 15) is 9.90 Å². The third kappa shape index (κ3) is 2.73. The largest absolute Gasteiger partial charge is 0.444 e. The Morgan fingerprint density at radius 2 is 2.12 bits per heavy atom. The van der Waals surface area contributed by atoms with Crippen molar-refractivity contribution in [2.45, 2.75) is 51.7 Å². The van der Waals surface area contributed by atoms with Crippen LogP contribution in [-0.4, -0.2) is 40.9 Å². The summed E-state index contributed by atoms with van der Waals surface area (Å²) in [6.45, 7) is 6.64. The first kappa shape index (κ1) is 12.7. The third-order valence-electron chi connectivity index (χ3n) is 3.77. The number of carbonyl (C=O) groups excluding carboxylic acids is 1. The van der Waals surface area contributed by atoms with Gasteiger partial charge >= 0.3 is 6.09 Å². The zero-order valence-corrected chi connectivity index (χ0v) is 11.0. The molecule has 0 aromatic rings. The average Bonchev–Trinajstić information content (AvgIpc) is 2.27. The molecule has 2 heterocycles. The number of fused-ring (bicyclic) bond motifs is 3. The predicted molar refractivity (Wildman–Crippen MR) is 64.6 cm³/mol. The molecule has 0 unspecified atom stereocenters. The second kappa shape index (κ2) is 4.48. The van der Waals surface area contributed by atoms with Gasteiger partial charge in [0, 0.05) is 25.1 Å². The highest BCUT2D eigenvalue weighted by molar-refractivity contribution is 5.69. The van der Waals surface area contributed by atoms with Gasteiger partial charge in [0.1, 0.15) is 5.60 Å². The molecule has 2 bridgehead atoms. The second-order valence-corrected chi connectivity index (χ2v) is 6.32. The lowest BCUT2D eigenvalue weighted by molar-refractivity contribution is -0.0417. The van der Waals surface area contributed by atoms with E-state index < -0.39 is 5.60 Å². The Kier molecular flexibility index (Phi) is 3.34. The summed E-state index contributed by atoms with van der Waals surface area (Å²) in [5.74, 6) is 0.791. The fourth-order valence-corrected chi connectivity index (χ4v) is 3.06. The van der Waals surface area contributed by atoms with Crippen LogP contribution in [0.5, 0.6) is 0 Å². The number of aliphatic hydroxyl groups excluding tert-OH is 1. The third-order valence-corrected chi connectivity index (χ3v) is 3.77. The van der Waals surface area contributed by atoms with Gasteiger partial charge in [0.15, 0.2) is 0 Å². The number of nitrogens with zero attached hydrogens (tertiary/aromatic N) is 1. The molecule has 3 rings (SSSR count). The highest BCUT2D eigenvalue weighted by Gasteiger charge is 2.43. The van der Waals surface area contributed by atoms with E-state index in [0.29, 0.717) is 5.92 Å². The van der Waals surface area contributed by atoms with Crippen LogP contribution in [0.25, 0.3) is 0 Å². The lowest BCUT2D eigenvalue weighted by atomic mass is 9.73. The minimum atomic E-state index is -0.442. The van der Waals surface area contributed by atoms with Gasteiger partial charge in [-0.25, -0.2) is 4.79 Å². The normalized spacial score (nSPS) is 32.7. The average molecular weight is 241 g/mol. The summed E-state index contributed by atoms with van der Waals surface area (Å²) in [5.41, 5.74) is -0.442. The number of ether oxygens (including phenoxy) is 1. The Labute approximate surface area is 103 Å². The first-order valence-corrected chi connectivity index (χ1v) is 6.51. The Hall–Kier alpha value is -0.770. The molecular formula is C13H23NO3. The minimum Gasteiger partial charge on any atom is -0.444 e. The fraction of sp³-hybridized carbons (Fsp3) is 0.923. The molecule has 2 saturated heterocycles. The van der Waals surface area contributed by atoms with E-state index in [1.54, 1.807) is 0 Å². The van der Waals surface area contributed by atoms with Crippen LogP contribution in [0.3, 0.4) is 0 Å². The van der Waals surface area contributed by atoms with Gasteiger partial charge in [0.25, 0.3) is 0 Å². The summed E-state index contributed by atoms with van der Waals surface area (Å²) >= 11 is 0. The molecule has 1 N–H and O–H groups in total. The molecule has 0 spiro atoms. The van der Waals surface area contributed by atoms with Gasteiger partial charge in [-0.3, -0.25) is 0 Å². The molecule has 4 nitrogen and oxygen atoms in total. The summed E-state index contributed by atoms with van der Waals surface area (Å²) in [4.78, 5) is 13.9. The maximum Gasteiger partial charge on any atom is 0.410 e. The molecular weight excluding hydrogens is 218 g/mol. The topological polar surface area (TPSA) is 49.8 Å². The fourth-order valence-electron chi connectivity index (χ4n) is 3.06. The first-order chi connectivity index (χ1) is 7.90. The van der Waals surface area contributed by atoms with E-state index >= 15 is 0 Å². The summed E-state index contributed by atoms with van der Waals surface area (Å²) in [6.07, 6.45) is 3.03. The number of carbonyl (C=O) groups is 1. The predicted octanol–water partition coefficient (Wildman–Crippen LogP) is 2.01. The van der Waals surface area contributed by atoms with Crippen molar-refractivity contribution in [3.05, 3.63) is 0 Å². The van der Waals surface area contributed by atoms with Crippen molar-refractivity contribution in [3.63, 3.8) is 0 Å². The Bertz CT molecular complexity index is 298. The van der Waals surface area contributed by atoms with Gasteiger partial charge in [-0.15, -0.1) is 0 Å². The van der Waals surface area contributed by atoms with Crippen LogP contribution < -0.4 is 0 Å². The number of hydrogen-bond acceptors (Lipinski definition) is 3. The van der Waals surface area contributed by atoms with Crippen molar-refractivity contribution in [2.75, 3.05) is 13.2 Å². The van der Waals surface area contributed by atoms with Gasteiger partial charge in [-0.1, -0.05) is 0 Å². The molecule has 2 aliphatic heterocycles. The zero-order valence-electron chi connectivity index (χ0n) is 11.0. The standard InChI is InChI=1S/C13H23NO3/c1-13(2,3)17-12(16)14-7-9-4-5-11(14)10(6-9)8-15/h9-11,15H,4-8H2,1-3H3/t9-,10+,11+/m1/s1. The molecule has 3 atom stereocenters. The van der Waals surface area contributed by atoms with Gasteiger partial charge in [0.2, 0.25) is 0 Å². The highest BCUT2D eigenvalue weighted by atomic mass is 16.6. The number of hydrogen-bond donors (Lipinski definition) is 1. The van der Waals surface area contributed by atoms with Crippen LogP contribution in [0.2, 0.25) is 0 Å².